The first-order chi connectivity index (χ1) is 20.9. The van der Waals surface area contributed by atoms with Crippen LogP contribution in [0.1, 0.15) is 11.1 Å². The van der Waals surface area contributed by atoms with E-state index in [0.717, 1.165) is 16.7 Å². The molecule has 0 spiro atoms. The highest BCUT2D eigenvalue weighted by atomic mass is 35.5. The fourth-order valence-corrected chi connectivity index (χ4v) is 4.78. The maximum atomic E-state index is 13.5. The Balaban J connectivity index is 1.44. The lowest BCUT2D eigenvalue weighted by atomic mass is 10.1. The fraction of sp³-hybridized carbons (Fsp3) is 0.147. The minimum Gasteiger partial charge on any atom is -0.493 e. The summed E-state index contributed by atoms with van der Waals surface area (Å²) in [6.07, 6.45) is 2.00. The number of halogens is 1. The SMILES string of the molecule is COc1ccc(-n2cc(-c3ccc(Cl)cc3)nc2NC(=O)CN(Cc2ccccc2)C(=O)Cc2ccccc2)cc1OC. The molecule has 1 heterocycles. The van der Waals surface area contributed by atoms with E-state index in [1.165, 1.54) is 0 Å². The first kappa shape index (κ1) is 29.4. The zero-order chi connectivity index (χ0) is 30.2. The first-order valence-electron chi connectivity index (χ1n) is 13.7. The number of nitrogens with one attached hydrogen (secondary N) is 1. The van der Waals surface area contributed by atoms with Crippen LogP contribution in [0.5, 0.6) is 11.5 Å². The second kappa shape index (κ2) is 13.7. The zero-order valence-corrected chi connectivity index (χ0v) is 24.6. The maximum absolute atomic E-state index is 13.5. The molecular weight excluding hydrogens is 564 g/mol. The number of aromatic nitrogens is 2. The Labute approximate surface area is 255 Å². The van der Waals surface area contributed by atoms with Gasteiger partial charge >= 0.3 is 0 Å². The largest absolute Gasteiger partial charge is 0.493 e. The minimum atomic E-state index is -0.382. The molecule has 0 radical (unpaired) electrons. The van der Waals surface area contributed by atoms with Gasteiger partial charge in [-0.25, -0.2) is 4.98 Å². The Kier molecular flexibility index (Phi) is 9.39. The molecule has 43 heavy (non-hydrogen) atoms. The summed E-state index contributed by atoms with van der Waals surface area (Å²) in [5.41, 5.74) is 3.95. The van der Waals surface area contributed by atoms with Crippen molar-refractivity contribution < 1.29 is 19.1 Å². The molecule has 2 amide bonds. The van der Waals surface area contributed by atoms with E-state index >= 15 is 0 Å². The van der Waals surface area contributed by atoms with Crippen LogP contribution < -0.4 is 14.8 Å². The van der Waals surface area contributed by atoms with E-state index in [9.17, 15) is 9.59 Å². The summed E-state index contributed by atoms with van der Waals surface area (Å²) < 4.78 is 12.7. The van der Waals surface area contributed by atoms with Gasteiger partial charge in [0.05, 0.1) is 32.0 Å². The van der Waals surface area contributed by atoms with Crippen molar-refractivity contribution in [2.45, 2.75) is 13.0 Å². The van der Waals surface area contributed by atoms with Gasteiger partial charge in [0.15, 0.2) is 11.5 Å². The first-order valence-corrected chi connectivity index (χ1v) is 14.0. The van der Waals surface area contributed by atoms with Gasteiger partial charge in [0, 0.05) is 29.4 Å². The normalized spacial score (nSPS) is 10.7. The summed E-state index contributed by atoms with van der Waals surface area (Å²) in [5.74, 6) is 0.850. The van der Waals surface area contributed by atoms with Gasteiger partial charge in [-0.1, -0.05) is 84.4 Å². The molecule has 0 unspecified atom stereocenters. The Morgan fingerprint density at radius 1 is 0.837 bits per heavy atom. The number of rotatable bonds is 11. The average molecular weight is 595 g/mol. The number of anilines is 1. The van der Waals surface area contributed by atoms with Crippen molar-refractivity contribution in [3.8, 4) is 28.4 Å². The third kappa shape index (κ3) is 7.42. The van der Waals surface area contributed by atoms with Gasteiger partial charge in [-0.05, 0) is 35.4 Å². The van der Waals surface area contributed by atoms with Crippen molar-refractivity contribution in [3.05, 3.63) is 125 Å². The molecule has 1 aromatic heterocycles. The number of ether oxygens (including phenoxy) is 2. The fourth-order valence-electron chi connectivity index (χ4n) is 4.66. The van der Waals surface area contributed by atoms with Crippen LogP contribution in [0.3, 0.4) is 0 Å². The lowest BCUT2D eigenvalue weighted by molar-refractivity contribution is -0.134. The Morgan fingerprint density at radius 3 is 2.14 bits per heavy atom. The van der Waals surface area contributed by atoms with Gasteiger partial charge in [0.2, 0.25) is 17.8 Å². The van der Waals surface area contributed by atoms with Crippen molar-refractivity contribution in [2.24, 2.45) is 0 Å². The third-order valence-corrected chi connectivity index (χ3v) is 7.10. The van der Waals surface area contributed by atoms with Crippen molar-refractivity contribution in [3.63, 3.8) is 0 Å². The lowest BCUT2D eigenvalue weighted by Crippen LogP contribution is -2.38. The standard InChI is InChI=1S/C34H31ClN4O4/c1-42-30-18-17-28(20-31(30)43-2)39-22-29(26-13-15-27(35)16-14-26)36-34(39)37-32(40)23-38(21-25-11-7-4-8-12-25)33(41)19-24-9-5-3-6-10-24/h3-18,20,22H,19,21,23H2,1-2H3,(H,36,37,40). The van der Waals surface area contributed by atoms with Crippen LogP contribution in [0.2, 0.25) is 5.02 Å². The molecule has 0 saturated carbocycles. The molecule has 5 rings (SSSR count). The molecule has 0 aliphatic carbocycles. The minimum absolute atomic E-state index is 0.157. The van der Waals surface area contributed by atoms with Gasteiger partial charge in [0.1, 0.15) is 6.54 Å². The van der Waals surface area contributed by atoms with Crippen molar-refractivity contribution in [1.29, 1.82) is 0 Å². The molecule has 5 aromatic rings. The van der Waals surface area contributed by atoms with E-state index in [2.05, 4.69) is 5.32 Å². The quantitative estimate of drug-likeness (QED) is 0.191. The van der Waals surface area contributed by atoms with Crippen LogP contribution >= 0.6 is 11.6 Å². The summed E-state index contributed by atoms with van der Waals surface area (Å²) in [4.78, 5) is 33.3. The van der Waals surface area contributed by atoms with Crippen LogP contribution in [-0.2, 0) is 22.6 Å². The highest BCUT2D eigenvalue weighted by Gasteiger charge is 2.21. The summed E-state index contributed by atoms with van der Waals surface area (Å²) in [5, 5.41) is 3.54. The number of benzene rings is 4. The molecule has 0 saturated heterocycles. The molecule has 9 heteroatoms. The highest BCUT2D eigenvalue weighted by Crippen LogP contribution is 2.32. The highest BCUT2D eigenvalue weighted by molar-refractivity contribution is 6.30. The van der Waals surface area contributed by atoms with E-state index in [1.54, 1.807) is 48.0 Å². The molecule has 1 N–H and O–H groups in total. The van der Waals surface area contributed by atoms with Crippen molar-refractivity contribution in [2.75, 3.05) is 26.1 Å². The number of carbonyl (C=O) groups is 2. The Morgan fingerprint density at radius 2 is 1.49 bits per heavy atom. The second-order valence-electron chi connectivity index (χ2n) is 9.81. The topological polar surface area (TPSA) is 85.7 Å². The maximum Gasteiger partial charge on any atom is 0.246 e. The Hall–Kier alpha value is -5.08. The predicted octanol–water partition coefficient (Wildman–Crippen LogP) is 6.42. The number of amides is 2. The number of imidazole rings is 1. The van der Waals surface area contributed by atoms with E-state index in [4.69, 9.17) is 26.1 Å². The zero-order valence-electron chi connectivity index (χ0n) is 23.9. The van der Waals surface area contributed by atoms with Crippen molar-refractivity contribution >= 4 is 29.4 Å². The smallest absolute Gasteiger partial charge is 0.246 e. The van der Waals surface area contributed by atoms with Crippen LogP contribution in [-0.4, -0.2) is 47.0 Å². The molecule has 0 aliphatic rings. The lowest BCUT2D eigenvalue weighted by Gasteiger charge is -2.22. The van der Waals surface area contributed by atoms with Crippen molar-refractivity contribution in [1.82, 2.24) is 14.5 Å². The van der Waals surface area contributed by atoms with Gasteiger partial charge < -0.3 is 14.4 Å². The number of hydrogen-bond acceptors (Lipinski definition) is 5. The van der Waals surface area contributed by atoms with E-state index in [-0.39, 0.29) is 30.7 Å². The van der Waals surface area contributed by atoms with Gasteiger partial charge in [-0.2, -0.15) is 0 Å². The van der Waals surface area contributed by atoms with Crippen LogP contribution in [0, 0.1) is 0 Å². The van der Waals surface area contributed by atoms with Crippen LogP contribution in [0.4, 0.5) is 5.95 Å². The molecule has 0 atom stereocenters. The number of methoxy groups -OCH3 is 2. The monoisotopic (exact) mass is 594 g/mol. The summed E-state index contributed by atoms with van der Waals surface area (Å²) >= 11 is 6.10. The van der Waals surface area contributed by atoms with Gasteiger partial charge in [0.25, 0.3) is 0 Å². The Bertz CT molecular complexity index is 1690. The number of nitrogens with zero attached hydrogens (tertiary/aromatic N) is 3. The van der Waals surface area contributed by atoms with Crippen LogP contribution in [0.25, 0.3) is 16.9 Å². The molecule has 8 nitrogen and oxygen atoms in total. The van der Waals surface area contributed by atoms with Crippen LogP contribution in [0.15, 0.2) is 109 Å². The van der Waals surface area contributed by atoms with Gasteiger partial charge in [-0.3, -0.25) is 19.5 Å². The van der Waals surface area contributed by atoms with Gasteiger partial charge in [-0.15, -0.1) is 0 Å². The molecule has 218 valence electrons. The predicted molar refractivity (Wildman–Crippen MR) is 168 cm³/mol. The number of hydrogen-bond donors (Lipinski definition) is 1. The molecule has 0 fully saturated rings. The van der Waals surface area contributed by atoms with E-state index < -0.39 is 0 Å². The summed E-state index contributed by atoms with van der Waals surface area (Å²) in [6.45, 7) is 0.135. The molecule has 4 aromatic carbocycles. The van der Waals surface area contributed by atoms with E-state index in [1.807, 2.05) is 85.1 Å². The average Bonchev–Trinajstić information content (AvgIpc) is 3.45. The molecule has 0 bridgehead atoms. The third-order valence-electron chi connectivity index (χ3n) is 6.84. The second-order valence-corrected chi connectivity index (χ2v) is 10.2. The molecule has 0 aliphatic heterocycles. The molecular formula is C34H31ClN4O4. The number of carbonyl (C=O) groups excluding carboxylic acids is 2. The summed E-state index contributed by atoms with van der Waals surface area (Å²) in [6, 6.07) is 31.8. The summed E-state index contributed by atoms with van der Waals surface area (Å²) in [7, 11) is 3.13. The van der Waals surface area contributed by atoms with E-state index in [0.29, 0.717) is 34.4 Å².